The molecule has 0 unspecified atom stereocenters. The third kappa shape index (κ3) is 2.78. The highest BCUT2D eigenvalue weighted by molar-refractivity contribution is 9.10. The molecule has 0 spiro atoms. The minimum Gasteiger partial charge on any atom is -0.462 e. The van der Waals surface area contributed by atoms with Crippen LogP contribution in [0.25, 0.3) is 11.6 Å². The first-order valence-electron chi connectivity index (χ1n) is 7.61. The van der Waals surface area contributed by atoms with E-state index in [0.29, 0.717) is 17.7 Å². The first kappa shape index (κ1) is 16.5. The molecule has 124 valence electrons. The number of hydrogen-bond donors (Lipinski definition) is 2. The lowest BCUT2D eigenvalue weighted by Gasteiger charge is -2.02. The van der Waals surface area contributed by atoms with Gasteiger partial charge in [-0.3, -0.25) is 4.79 Å². The van der Waals surface area contributed by atoms with Crippen molar-refractivity contribution < 1.29 is 14.3 Å². The van der Waals surface area contributed by atoms with Crippen LogP contribution in [0.1, 0.15) is 39.8 Å². The van der Waals surface area contributed by atoms with Crippen LogP contribution in [-0.2, 0) is 9.53 Å². The van der Waals surface area contributed by atoms with Crippen molar-refractivity contribution in [2.24, 2.45) is 0 Å². The monoisotopic (exact) mass is 388 g/mol. The first-order valence-corrected chi connectivity index (χ1v) is 8.41. The Morgan fingerprint density at radius 2 is 2.08 bits per heavy atom. The molecule has 1 amide bonds. The van der Waals surface area contributed by atoms with Crippen LogP contribution in [0.15, 0.2) is 22.7 Å². The van der Waals surface area contributed by atoms with Crippen molar-refractivity contribution in [1.82, 2.24) is 4.98 Å². The molecular formula is C18H17BrN2O3. The molecule has 1 aliphatic rings. The summed E-state index contributed by atoms with van der Waals surface area (Å²) >= 11 is 3.43. The largest absolute Gasteiger partial charge is 0.462 e. The number of carbonyl (C=O) groups is 2. The normalized spacial score (nSPS) is 14.7. The highest BCUT2D eigenvalue weighted by Gasteiger charge is 2.26. The molecule has 0 saturated carbocycles. The number of fused-ring (bicyclic) bond motifs is 1. The summed E-state index contributed by atoms with van der Waals surface area (Å²) < 4.78 is 6.00. The molecule has 1 aromatic heterocycles. The van der Waals surface area contributed by atoms with Crippen LogP contribution in [0.3, 0.4) is 0 Å². The fourth-order valence-corrected chi connectivity index (χ4v) is 3.24. The van der Waals surface area contributed by atoms with Crippen molar-refractivity contribution in [2.45, 2.75) is 20.8 Å². The summed E-state index contributed by atoms with van der Waals surface area (Å²) in [4.78, 5) is 27.6. The molecule has 24 heavy (non-hydrogen) atoms. The lowest BCUT2D eigenvalue weighted by Crippen LogP contribution is -2.06. The Labute approximate surface area is 148 Å². The molecule has 6 heteroatoms. The Hall–Kier alpha value is -2.34. The van der Waals surface area contributed by atoms with Crippen LogP contribution in [0, 0.1) is 13.8 Å². The molecule has 3 rings (SSSR count). The van der Waals surface area contributed by atoms with Crippen LogP contribution in [0.5, 0.6) is 0 Å². The number of amides is 1. The van der Waals surface area contributed by atoms with Crippen molar-refractivity contribution in [2.75, 3.05) is 11.9 Å². The number of aryl methyl sites for hydroxylation is 1. The van der Waals surface area contributed by atoms with E-state index in [2.05, 4.69) is 26.2 Å². The summed E-state index contributed by atoms with van der Waals surface area (Å²) in [6, 6.07) is 5.64. The van der Waals surface area contributed by atoms with E-state index in [9.17, 15) is 9.59 Å². The molecule has 1 aromatic carbocycles. The van der Waals surface area contributed by atoms with Gasteiger partial charge in [-0.2, -0.15) is 0 Å². The number of benzene rings is 1. The number of aromatic amines is 1. The zero-order valence-electron chi connectivity index (χ0n) is 13.6. The van der Waals surface area contributed by atoms with E-state index in [1.165, 1.54) is 0 Å². The molecule has 0 radical (unpaired) electrons. The lowest BCUT2D eigenvalue weighted by molar-refractivity contribution is -0.110. The summed E-state index contributed by atoms with van der Waals surface area (Å²) in [5, 5.41) is 2.85. The van der Waals surface area contributed by atoms with Gasteiger partial charge >= 0.3 is 5.97 Å². The molecule has 0 bridgehead atoms. The van der Waals surface area contributed by atoms with Gasteiger partial charge in [0.2, 0.25) is 0 Å². The number of rotatable bonds is 3. The number of ether oxygens (including phenoxy) is 1. The van der Waals surface area contributed by atoms with Crippen molar-refractivity contribution in [3.8, 4) is 0 Å². The average molecular weight is 389 g/mol. The van der Waals surface area contributed by atoms with Crippen LogP contribution in [0.4, 0.5) is 5.69 Å². The maximum absolute atomic E-state index is 12.3. The quantitative estimate of drug-likeness (QED) is 0.614. The van der Waals surface area contributed by atoms with Gasteiger partial charge in [0.05, 0.1) is 17.7 Å². The van der Waals surface area contributed by atoms with Crippen LogP contribution in [-0.4, -0.2) is 23.5 Å². The zero-order valence-corrected chi connectivity index (χ0v) is 15.2. The highest BCUT2D eigenvalue weighted by atomic mass is 79.9. The Kier molecular flexibility index (Phi) is 4.32. The number of halogens is 1. The topological polar surface area (TPSA) is 71.2 Å². The predicted octanol–water partition coefficient (Wildman–Crippen LogP) is 4.06. The zero-order chi connectivity index (χ0) is 17.4. The van der Waals surface area contributed by atoms with E-state index >= 15 is 0 Å². The molecule has 2 N–H and O–H groups in total. The molecular weight excluding hydrogens is 372 g/mol. The summed E-state index contributed by atoms with van der Waals surface area (Å²) in [7, 11) is 0. The Bertz CT molecular complexity index is 881. The van der Waals surface area contributed by atoms with Gasteiger partial charge in [0.1, 0.15) is 0 Å². The lowest BCUT2D eigenvalue weighted by atomic mass is 10.0. The van der Waals surface area contributed by atoms with Gasteiger partial charge in [-0.1, -0.05) is 15.9 Å². The van der Waals surface area contributed by atoms with Crippen LogP contribution in [0.2, 0.25) is 0 Å². The van der Waals surface area contributed by atoms with E-state index in [1.807, 2.05) is 32.0 Å². The smallest absolute Gasteiger partial charge is 0.340 e. The molecule has 0 atom stereocenters. The number of carbonyl (C=O) groups excluding carboxylic acids is 2. The minimum atomic E-state index is -0.354. The number of H-pyrrole nitrogens is 1. The SMILES string of the molecule is CCOC(=O)c1c(C)[nH]c(C=C2C(=O)Nc3ccc(Br)cc32)c1C. The molecule has 2 heterocycles. The molecule has 0 aliphatic carbocycles. The highest BCUT2D eigenvalue weighted by Crippen LogP contribution is 2.35. The van der Waals surface area contributed by atoms with E-state index in [4.69, 9.17) is 4.74 Å². The molecule has 1 aliphatic heterocycles. The van der Waals surface area contributed by atoms with Gasteiger partial charge in [0.25, 0.3) is 5.91 Å². The van der Waals surface area contributed by atoms with Crippen molar-refractivity contribution in [3.63, 3.8) is 0 Å². The van der Waals surface area contributed by atoms with Gasteiger partial charge in [0.15, 0.2) is 0 Å². The number of anilines is 1. The number of nitrogens with one attached hydrogen (secondary N) is 2. The Balaban J connectivity index is 2.08. The predicted molar refractivity (Wildman–Crippen MR) is 96.9 cm³/mol. The Morgan fingerprint density at radius 1 is 1.33 bits per heavy atom. The third-order valence-corrected chi connectivity index (χ3v) is 4.50. The third-order valence-electron chi connectivity index (χ3n) is 4.01. The maximum atomic E-state index is 12.3. The van der Waals surface area contributed by atoms with E-state index in [-0.39, 0.29) is 11.9 Å². The van der Waals surface area contributed by atoms with Crippen LogP contribution >= 0.6 is 15.9 Å². The minimum absolute atomic E-state index is 0.160. The summed E-state index contributed by atoms with van der Waals surface area (Å²) in [5.41, 5.74) is 4.93. The number of esters is 1. The summed E-state index contributed by atoms with van der Waals surface area (Å²) in [5.74, 6) is -0.514. The number of aromatic nitrogens is 1. The van der Waals surface area contributed by atoms with Crippen molar-refractivity contribution >= 4 is 45.1 Å². The number of hydrogen-bond acceptors (Lipinski definition) is 3. The second-order valence-corrected chi connectivity index (χ2v) is 6.50. The van der Waals surface area contributed by atoms with Crippen molar-refractivity contribution in [1.29, 1.82) is 0 Å². The maximum Gasteiger partial charge on any atom is 0.340 e. The van der Waals surface area contributed by atoms with Crippen molar-refractivity contribution in [3.05, 3.63) is 50.8 Å². The Morgan fingerprint density at radius 3 is 2.79 bits per heavy atom. The molecule has 0 fully saturated rings. The van der Waals surface area contributed by atoms with Gasteiger partial charge in [-0.25, -0.2) is 4.79 Å². The second kappa shape index (κ2) is 6.28. The van der Waals surface area contributed by atoms with Gasteiger partial charge in [0, 0.05) is 27.1 Å². The average Bonchev–Trinajstić information content (AvgIpc) is 2.97. The molecule has 2 aromatic rings. The summed E-state index contributed by atoms with van der Waals surface area (Å²) in [6.07, 6.45) is 1.78. The van der Waals surface area contributed by atoms with E-state index in [0.717, 1.165) is 32.7 Å². The fourth-order valence-electron chi connectivity index (χ4n) is 2.88. The first-order chi connectivity index (χ1) is 11.4. The standard InChI is InChI=1S/C18H17BrN2O3/c1-4-24-18(23)16-9(2)15(20-10(16)3)8-13-12-7-11(19)5-6-14(12)21-17(13)22/h5-8,20H,4H2,1-3H3,(H,21,22). The van der Waals surface area contributed by atoms with Crippen LogP contribution < -0.4 is 5.32 Å². The molecule has 0 saturated heterocycles. The fraction of sp³-hybridized carbons (Fsp3) is 0.222. The second-order valence-electron chi connectivity index (χ2n) is 5.59. The summed E-state index contributed by atoms with van der Waals surface area (Å²) in [6.45, 7) is 5.76. The van der Waals surface area contributed by atoms with E-state index < -0.39 is 0 Å². The van der Waals surface area contributed by atoms with Gasteiger partial charge < -0.3 is 15.0 Å². The molecule has 5 nitrogen and oxygen atoms in total. The van der Waals surface area contributed by atoms with Gasteiger partial charge in [-0.05, 0) is 50.6 Å². The van der Waals surface area contributed by atoms with E-state index in [1.54, 1.807) is 13.0 Å². The van der Waals surface area contributed by atoms with Gasteiger partial charge in [-0.15, -0.1) is 0 Å².